The van der Waals surface area contributed by atoms with E-state index in [0.29, 0.717) is 24.5 Å². The zero-order valence-electron chi connectivity index (χ0n) is 14.6. The molecule has 0 unspecified atom stereocenters. The number of aromatic nitrogens is 1. The van der Waals surface area contributed by atoms with Gasteiger partial charge in [0.25, 0.3) is 0 Å². The number of nitriles is 1. The highest BCUT2D eigenvalue weighted by Gasteiger charge is 2.35. The maximum atomic E-state index is 12.9. The van der Waals surface area contributed by atoms with Gasteiger partial charge in [0.1, 0.15) is 6.10 Å². The number of piperidine rings is 1. The second-order valence-electron chi connectivity index (χ2n) is 6.27. The molecule has 0 N–H and O–H groups in total. The van der Waals surface area contributed by atoms with Gasteiger partial charge in [0.2, 0.25) is 15.9 Å². The third kappa shape index (κ3) is 4.43. The molecule has 0 aliphatic carbocycles. The molecule has 0 spiro atoms. The number of halogens is 3. The molecule has 0 saturated carbocycles. The minimum atomic E-state index is -4.63. The fourth-order valence-corrected chi connectivity index (χ4v) is 4.47. The molecule has 3 rings (SSSR count). The molecule has 1 aliphatic rings. The van der Waals surface area contributed by atoms with Gasteiger partial charge in [-0.1, -0.05) is 6.07 Å². The summed E-state index contributed by atoms with van der Waals surface area (Å²) < 4.78 is 71.1. The van der Waals surface area contributed by atoms with Crippen LogP contribution in [-0.4, -0.2) is 36.9 Å². The van der Waals surface area contributed by atoms with E-state index in [9.17, 15) is 21.6 Å². The van der Waals surface area contributed by atoms with E-state index in [1.54, 1.807) is 0 Å². The van der Waals surface area contributed by atoms with Crippen LogP contribution >= 0.6 is 0 Å². The number of pyridine rings is 1. The minimum absolute atomic E-state index is 0.0168. The van der Waals surface area contributed by atoms with E-state index in [4.69, 9.17) is 10.00 Å². The van der Waals surface area contributed by atoms with Crippen molar-refractivity contribution in [3.8, 4) is 11.9 Å². The fraction of sp³-hybridized carbons (Fsp3) is 0.333. The molecule has 10 heteroatoms. The number of hydrogen-bond donors (Lipinski definition) is 0. The Balaban J connectivity index is 1.78. The number of nitrogens with zero attached hydrogens (tertiary/aromatic N) is 3. The van der Waals surface area contributed by atoms with Gasteiger partial charge >= 0.3 is 6.18 Å². The quantitative estimate of drug-likeness (QED) is 0.772. The molecular weight excluding hydrogens is 395 g/mol. The van der Waals surface area contributed by atoms with Crippen molar-refractivity contribution in [3.05, 3.63) is 53.7 Å². The summed E-state index contributed by atoms with van der Waals surface area (Å²) in [7, 11) is -4.10. The maximum Gasteiger partial charge on any atom is 0.416 e. The zero-order chi connectivity index (χ0) is 20.4. The molecule has 1 aromatic carbocycles. The molecule has 0 radical (unpaired) electrons. The lowest BCUT2D eigenvalue weighted by Crippen LogP contribution is -2.44. The summed E-state index contributed by atoms with van der Waals surface area (Å²) in [6.45, 7) is 0.168. The molecule has 28 heavy (non-hydrogen) atoms. The first-order valence-corrected chi connectivity index (χ1v) is 9.84. The lowest BCUT2D eigenvalue weighted by atomic mass is 10.1. The largest absolute Gasteiger partial charge is 0.473 e. The van der Waals surface area contributed by atoms with Crippen molar-refractivity contribution in [2.75, 3.05) is 13.1 Å². The highest BCUT2D eigenvalue weighted by atomic mass is 32.2. The van der Waals surface area contributed by atoms with Gasteiger partial charge in [0.15, 0.2) is 0 Å². The number of alkyl halides is 3. The molecule has 1 fully saturated rings. The van der Waals surface area contributed by atoms with Crippen LogP contribution in [0.25, 0.3) is 0 Å². The topological polar surface area (TPSA) is 83.3 Å². The van der Waals surface area contributed by atoms with E-state index in [1.807, 2.05) is 6.07 Å². The van der Waals surface area contributed by atoms with Crippen molar-refractivity contribution >= 4 is 10.0 Å². The summed E-state index contributed by atoms with van der Waals surface area (Å²) in [4.78, 5) is 3.59. The number of benzene rings is 1. The lowest BCUT2D eigenvalue weighted by molar-refractivity contribution is -0.137. The molecule has 148 valence electrons. The Morgan fingerprint density at radius 2 is 2.04 bits per heavy atom. The molecule has 1 aromatic heterocycles. The van der Waals surface area contributed by atoms with Crippen LogP contribution in [0.1, 0.15) is 24.0 Å². The number of hydrogen-bond acceptors (Lipinski definition) is 5. The normalized spacial score (nSPS) is 18.4. The van der Waals surface area contributed by atoms with Crippen LogP contribution in [0.2, 0.25) is 0 Å². The minimum Gasteiger partial charge on any atom is -0.473 e. The van der Waals surface area contributed by atoms with Crippen LogP contribution < -0.4 is 4.74 Å². The predicted molar refractivity (Wildman–Crippen MR) is 92.8 cm³/mol. The summed E-state index contributed by atoms with van der Waals surface area (Å²) in [6.07, 6.45) is -2.69. The summed E-state index contributed by atoms with van der Waals surface area (Å²) in [5.41, 5.74) is -0.662. The van der Waals surface area contributed by atoms with E-state index in [2.05, 4.69) is 4.98 Å². The third-order valence-corrected chi connectivity index (χ3v) is 6.15. The van der Waals surface area contributed by atoms with Gasteiger partial charge in [-0.05, 0) is 37.1 Å². The fourth-order valence-electron chi connectivity index (χ4n) is 2.92. The number of ether oxygens (including phenoxy) is 1. The summed E-state index contributed by atoms with van der Waals surface area (Å²) >= 11 is 0. The molecule has 2 heterocycles. The monoisotopic (exact) mass is 411 g/mol. The molecule has 2 aromatic rings. The Morgan fingerprint density at radius 1 is 1.25 bits per heavy atom. The van der Waals surface area contributed by atoms with E-state index < -0.39 is 32.8 Å². The summed E-state index contributed by atoms with van der Waals surface area (Å²) in [5, 5.41) is 8.92. The molecule has 1 saturated heterocycles. The number of rotatable bonds is 4. The van der Waals surface area contributed by atoms with E-state index in [1.165, 1.54) is 18.3 Å². The first-order chi connectivity index (χ1) is 13.2. The SMILES string of the molecule is N#Cc1ccnc(O[C@@H]2CCCN(S(=O)(=O)c3cccc(C(F)(F)F)c3)C2)c1. The summed E-state index contributed by atoms with van der Waals surface area (Å²) in [5.74, 6) is 0.197. The average molecular weight is 411 g/mol. The van der Waals surface area contributed by atoms with E-state index >= 15 is 0 Å². The highest BCUT2D eigenvalue weighted by molar-refractivity contribution is 7.89. The van der Waals surface area contributed by atoms with Gasteiger partial charge in [-0.3, -0.25) is 0 Å². The third-order valence-electron chi connectivity index (χ3n) is 4.29. The van der Waals surface area contributed by atoms with Gasteiger partial charge in [0, 0.05) is 18.8 Å². The molecular formula is C18H16F3N3O3S. The van der Waals surface area contributed by atoms with Gasteiger partial charge in [0.05, 0.1) is 28.6 Å². The molecule has 1 atom stereocenters. The van der Waals surface area contributed by atoms with Crippen LogP contribution in [-0.2, 0) is 16.2 Å². The number of sulfonamides is 1. The second-order valence-corrected chi connectivity index (χ2v) is 8.20. The first-order valence-electron chi connectivity index (χ1n) is 8.40. The zero-order valence-corrected chi connectivity index (χ0v) is 15.4. The van der Waals surface area contributed by atoms with Crippen LogP contribution in [0.15, 0.2) is 47.5 Å². The molecule has 0 amide bonds. The van der Waals surface area contributed by atoms with Crippen LogP contribution in [0.3, 0.4) is 0 Å². The van der Waals surface area contributed by atoms with Crippen LogP contribution in [0.5, 0.6) is 5.88 Å². The standard InChI is InChI=1S/C18H16F3N3O3S/c19-18(20,21)14-3-1-5-16(10-14)28(25,26)24-8-2-4-15(12-24)27-17-9-13(11-22)6-7-23-17/h1,3,5-7,9-10,15H,2,4,8,12H2/t15-/m1/s1. The van der Waals surface area contributed by atoms with Gasteiger partial charge in [-0.25, -0.2) is 13.4 Å². The molecule has 6 nitrogen and oxygen atoms in total. The van der Waals surface area contributed by atoms with Gasteiger partial charge in [-0.2, -0.15) is 22.7 Å². The Labute approximate surface area is 160 Å². The smallest absolute Gasteiger partial charge is 0.416 e. The molecule has 0 bridgehead atoms. The van der Waals surface area contributed by atoms with Crippen molar-refractivity contribution in [3.63, 3.8) is 0 Å². The van der Waals surface area contributed by atoms with Crippen molar-refractivity contribution in [1.29, 1.82) is 5.26 Å². The van der Waals surface area contributed by atoms with Crippen molar-refractivity contribution in [2.45, 2.75) is 30.0 Å². The lowest BCUT2D eigenvalue weighted by Gasteiger charge is -2.32. The first kappa shape index (κ1) is 20.1. The summed E-state index contributed by atoms with van der Waals surface area (Å²) in [6, 6.07) is 8.60. The molecule has 1 aliphatic heterocycles. The van der Waals surface area contributed by atoms with Crippen molar-refractivity contribution < 1.29 is 26.3 Å². The Bertz CT molecular complexity index is 1000. The maximum absolute atomic E-state index is 12.9. The predicted octanol–water partition coefficient (Wildman–Crippen LogP) is 3.20. The van der Waals surface area contributed by atoms with Gasteiger partial charge < -0.3 is 4.74 Å². The van der Waals surface area contributed by atoms with E-state index in [-0.39, 0.29) is 19.0 Å². The van der Waals surface area contributed by atoms with Gasteiger partial charge in [-0.15, -0.1) is 0 Å². The van der Waals surface area contributed by atoms with Crippen molar-refractivity contribution in [1.82, 2.24) is 9.29 Å². The van der Waals surface area contributed by atoms with Crippen molar-refractivity contribution in [2.24, 2.45) is 0 Å². The van der Waals surface area contributed by atoms with Crippen LogP contribution in [0, 0.1) is 11.3 Å². The van der Waals surface area contributed by atoms with Crippen LogP contribution in [0.4, 0.5) is 13.2 Å². The highest BCUT2D eigenvalue weighted by Crippen LogP contribution is 2.31. The second kappa shape index (κ2) is 7.77. The Morgan fingerprint density at radius 3 is 2.75 bits per heavy atom. The van der Waals surface area contributed by atoms with E-state index in [0.717, 1.165) is 22.5 Å². The Hall–Kier alpha value is -2.64. The average Bonchev–Trinajstić information content (AvgIpc) is 2.68. The Kier molecular flexibility index (Phi) is 5.58.